The van der Waals surface area contributed by atoms with Gasteiger partial charge in [0.25, 0.3) is 0 Å². The molecule has 0 aliphatic heterocycles. The van der Waals surface area contributed by atoms with E-state index >= 15 is 0 Å². The maximum Gasteiger partial charge on any atom is 0.158 e. The van der Waals surface area contributed by atoms with Gasteiger partial charge in [-0.1, -0.05) is 11.6 Å². The van der Waals surface area contributed by atoms with E-state index in [0.717, 1.165) is 11.3 Å². The molecule has 16 heavy (non-hydrogen) atoms. The van der Waals surface area contributed by atoms with Gasteiger partial charge in [0.15, 0.2) is 5.15 Å². The van der Waals surface area contributed by atoms with Crippen molar-refractivity contribution in [3.8, 4) is 5.75 Å². The van der Waals surface area contributed by atoms with E-state index in [0.29, 0.717) is 17.3 Å². The Morgan fingerprint density at radius 1 is 1.62 bits per heavy atom. The van der Waals surface area contributed by atoms with E-state index in [1.54, 1.807) is 14.0 Å². The Hall–Kier alpha value is -1.26. The van der Waals surface area contributed by atoms with E-state index < -0.39 is 6.10 Å². The van der Waals surface area contributed by atoms with Crippen molar-refractivity contribution in [3.63, 3.8) is 0 Å². The summed E-state index contributed by atoms with van der Waals surface area (Å²) in [6, 6.07) is 3.68. The monoisotopic (exact) mass is 240 g/mol. The SMILES string of the molecule is COc1cccn2c(CC(C)O)nc(Cl)c12. The third kappa shape index (κ3) is 1.86. The Balaban J connectivity index is 2.62. The summed E-state index contributed by atoms with van der Waals surface area (Å²) in [5.41, 5.74) is 0.738. The lowest BCUT2D eigenvalue weighted by Crippen LogP contribution is -2.07. The zero-order valence-electron chi connectivity index (χ0n) is 9.14. The number of halogens is 1. The quantitative estimate of drug-likeness (QED) is 0.892. The van der Waals surface area contributed by atoms with Crippen LogP contribution in [0.3, 0.4) is 0 Å². The van der Waals surface area contributed by atoms with Crippen LogP contribution in [0.2, 0.25) is 5.15 Å². The number of aliphatic hydroxyl groups excluding tert-OH is 1. The minimum atomic E-state index is -0.451. The molecule has 2 aromatic rings. The van der Waals surface area contributed by atoms with Crippen molar-refractivity contribution >= 4 is 17.1 Å². The number of fused-ring (bicyclic) bond motifs is 1. The van der Waals surface area contributed by atoms with Gasteiger partial charge in [-0.05, 0) is 19.1 Å². The minimum absolute atomic E-state index is 0.396. The van der Waals surface area contributed by atoms with Crippen molar-refractivity contribution < 1.29 is 9.84 Å². The molecule has 2 aromatic heterocycles. The first kappa shape index (κ1) is 11.2. The van der Waals surface area contributed by atoms with Crippen molar-refractivity contribution in [2.24, 2.45) is 0 Å². The van der Waals surface area contributed by atoms with Gasteiger partial charge in [-0.25, -0.2) is 4.98 Å². The summed E-state index contributed by atoms with van der Waals surface area (Å²) in [7, 11) is 1.59. The van der Waals surface area contributed by atoms with Gasteiger partial charge in [0.05, 0.1) is 13.2 Å². The Bertz CT molecular complexity index is 508. The van der Waals surface area contributed by atoms with Gasteiger partial charge in [-0.3, -0.25) is 4.40 Å². The van der Waals surface area contributed by atoms with Crippen molar-refractivity contribution in [3.05, 3.63) is 29.3 Å². The number of aliphatic hydroxyl groups is 1. The zero-order chi connectivity index (χ0) is 11.7. The molecule has 5 heteroatoms. The van der Waals surface area contributed by atoms with Gasteiger partial charge in [0.2, 0.25) is 0 Å². The van der Waals surface area contributed by atoms with Crippen LogP contribution >= 0.6 is 11.6 Å². The molecule has 0 spiro atoms. The van der Waals surface area contributed by atoms with Gasteiger partial charge in [-0.2, -0.15) is 0 Å². The number of ether oxygens (including phenoxy) is 1. The van der Waals surface area contributed by atoms with E-state index in [1.165, 1.54) is 0 Å². The van der Waals surface area contributed by atoms with E-state index in [9.17, 15) is 5.11 Å². The molecule has 1 unspecified atom stereocenters. The molecule has 2 rings (SSSR count). The van der Waals surface area contributed by atoms with Gasteiger partial charge in [0, 0.05) is 12.6 Å². The summed E-state index contributed by atoms with van der Waals surface area (Å²) >= 11 is 6.05. The lowest BCUT2D eigenvalue weighted by molar-refractivity contribution is 0.192. The fraction of sp³-hybridized carbons (Fsp3) is 0.364. The highest BCUT2D eigenvalue weighted by molar-refractivity contribution is 6.33. The summed E-state index contributed by atoms with van der Waals surface area (Å²) < 4.78 is 7.06. The molecular formula is C11H13ClN2O2. The molecule has 4 nitrogen and oxygen atoms in total. The Morgan fingerprint density at radius 3 is 3.00 bits per heavy atom. The van der Waals surface area contributed by atoms with Crippen LogP contribution in [0.4, 0.5) is 0 Å². The van der Waals surface area contributed by atoms with Crippen molar-refractivity contribution in [2.45, 2.75) is 19.4 Å². The number of pyridine rings is 1. The van der Waals surface area contributed by atoms with Crippen LogP contribution in [0.15, 0.2) is 18.3 Å². The van der Waals surface area contributed by atoms with Crippen molar-refractivity contribution in [1.82, 2.24) is 9.38 Å². The first-order chi connectivity index (χ1) is 7.63. The summed E-state index contributed by atoms with van der Waals surface area (Å²) in [4.78, 5) is 4.23. The average Bonchev–Trinajstić information content (AvgIpc) is 2.55. The molecule has 0 aliphatic rings. The molecule has 0 radical (unpaired) electrons. The molecule has 0 saturated heterocycles. The maximum atomic E-state index is 9.37. The Kier molecular flexibility index (Phi) is 3.03. The number of rotatable bonds is 3. The van der Waals surface area contributed by atoms with E-state index in [-0.39, 0.29) is 0 Å². The fourth-order valence-corrected chi connectivity index (χ4v) is 1.98. The van der Waals surface area contributed by atoms with E-state index in [4.69, 9.17) is 16.3 Å². The number of imidazole rings is 1. The van der Waals surface area contributed by atoms with Gasteiger partial charge >= 0.3 is 0 Å². The lowest BCUT2D eigenvalue weighted by atomic mass is 10.3. The maximum absolute atomic E-state index is 9.37. The highest BCUT2D eigenvalue weighted by atomic mass is 35.5. The third-order valence-corrected chi connectivity index (χ3v) is 2.62. The Labute approximate surface area is 98.4 Å². The predicted octanol–water partition coefficient (Wildman–Crippen LogP) is 1.92. The predicted molar refractivity (Wildman–Crippen MR) is 62.1 cm³/mol. The van der Waals surface area contributed by atoms with Crippen molar-refractivity contribution in [1.29, 1.82) is 0 Å². The second-order valence-corrected chi connectivity index (χ2v) is 4.03. The molecule has 0 bridgehead atoms. The molecule has 2 heterocycles. The molecule has 1 atom stereocenters. The van der Waals surface area contributed by atoms with Crippen LogP contribution in [-0.4, -0.2) is 27.7 Å². The fourth-order valence-electron chi connectivity index (χ4n) is 1.70. The van der Waals surface area contributed by atoms with Crippen LogP contribution in [0, 0.1) is 0 Å². The topological polar surface area (TPSA) is 46.8 Å². The summed E-state index contributed by atoms with van der Waals surface area (Å²) in [5.74, 6) is 1.41. The standard InChI is InChI=1S/C11H13ClN2O2/c1-7(15)6-9-13-11(12)10-8(16-2)4-3-5-14(9)10/h3-5,7,15H,6H2,1-2H3. The highest BCUT2D eigenvalue weighted by Crippen LogP contribution is 2.27. The molecule has 0 aliphatic carbocycles. The molecule has 0 fully saturated rings. The summed E-state index contributed by atoms with van der Waals surface area (Å²) in [6.45, 7) is 1.72. The zero-order valence-corrected chi connectivity index (χ0v) is 9.90. The molecule has 1 N–H and O–H groups in total. The smallest absolute Gasteiger partial charge is 0.158 e. The van der Waals surface area contributed by atoms with Crippen LogP contribution in [0.1, 0.15) is 12.7 Å². The second-order valence-electron chi connectivity index (χ2n) is 3.67. The van der Waals surface area contributed by atoms with Gasteiger partial charge < -0.3 is 9.84 Å². The number of aromatic nitrogens is 2. The molecule has 86 valence electrons. The largest absolute Gasteiger partial charge is 0.494 e. The lowest BCUT2D eigenvalue weighted by Gasteiger charge is -2.05. The highest BCUT2D eigenvalue weighted by Gasteiger charge is 2.14. The summed E-state index contributed by atoms with van der Waals surface area (Å²) in [5, 5.41) is 9.77. The minimum Gasteiger partial charge on any atom is -0.494 e. The molecular weight excluding hydrogens is 228 g/mol. The van der Waals surface area contributed by atoms with Gasteiger partial charge in [0.1, 0.15) is 17.1 Å². The van der Waals surface area contributed by atoms with E-state index in [1.807, 2.05) is 22.7 Å². The van der Waals surface area contributed by atoms with Crippen molar-refractivity contribution in [2.75, 3.05) is 7.11 Å². The van der Waals surface area contributed by atoms with E-state index in [2.05, 4.69) is 4.98 Å². The van der Waals surface area contributed by atoms with Crippen LogP contribution in [0.5, 0.6) is 5.75 Å². The molecule has 0 aromatic carbocycles. The van der Waals surface area contributed by atoms with Crippen LogP contribution in [-0.2, 0) is 6.42 Å². The second kappa shape index (κ2) is 4.31. The number of hydrogen-bond acceptors (Lipinski definition) is 3. The van der Waals surface area contributed by atoms with Crippen LogP contribution in [0.25, 0.3) is 5.52 Å². The third-order valence-electron chi connectivity index (χ3n) is 2.36. The molecule has 0 saturated carbocycles. The average molecular weight is 241 g/mol. The number of hydrogen-bond donors (Lipinski definition) is 1. The first-order valence-corrected chi connectivity index (χ1v) is 5.38. The normalized spacial score (nSPS) is 13.0. The number of methoxy groups -OCH3 is 1. The van der Waals surface area contributed by atoms with Gasteiger partial charge in [-0.15, -0.1) is 0 Å². The number of nitrogens with zero attached hydrogens (tertiary/aromatic N) is 2. The summed E-state index contributed by atoms with van der Waals surface area (Å²) in [6.07, 6.45) is 1.86. The Morgan fingerprint density at radius 2 is 2.38 bits per heavy atom. The van der Waals surface area contributed by atoms with Crippen LogP contribution < -0.4 is 4.74 Å². The first-order valence-electron chi connectivity index (χ1n) is 5.01. The molecule has 0 amide bonds.